The van der Waals surface area contributed by atoms with E-state index in [0.29, 0.717) is 16.8 Å². The van der Waals surface area contributed by atoms with E-state index in [1.54, 1.807) is 36.4 Å². The molecule has 0 saturated heterocycles. The highest BCUT2D eigenvalue weighted by Gasteiger charge is 2.24. The highest BCUT2D eigenvalue weighted by Crippen LogP contribution is 2.38. The molecule has 1 aromatic heterocycles. The van der Waals surface area contributed by atoms with E-state index in [2.05, 4.69) is 26.6 Å². The van der Waals surface area contributed by atoms with Crippen LogP contribution >= 0.6 is 27.3 Å². The van der Waals surface area contributed by atoms with Gasteiger partial charge in [0.15, 0.2) is 0 Å². The largest absolute Gasteiger partial charge is 0.389 e. The van der Waals surface area contributed by atoms with Crippen molar-refractivity contribution in [1.82, 2.24) is 5.32 Å². The summed E-state index contributed by atoms with van der Waals surface area (Å²) in [6, 6.07) is 15.7. The van der Waals surface area contributed by atoms with Gasteiger partial charge in [-0.2, -0.15) is 5.26 Å². The Labute approximate surface area is 174 Å². The molecular formula is C20H15BrN4O2S. The van der Waals surface area contributed by atoms with Crippen LogP contribution in [0.2, 0.25) is 0 Å². The summed E-state index contributed by atoms with van der Waals surface area (Å²) in [4.78, 5) is 25.1. The number of hydrogen-bond donors (Lipinski definition) is 3. The van der Waals surface area contributed by atoms with E-state index < -0.39 is 11.9 Å². The molecule has 0 bridgehead atoms. The first kappa shape index (κ1) is 19.6. The third-order valence-corrected chi connectivity index (χ3v) is 5.47. The van der Waals surface area contributed by atoms with E-state index in [1.807, 2.05) is 25.1 Å². The van der Waals surface area contributed by atoms with Crippen molar-refractivity contribution in [2.24, 2.45) is 0 Å². The molecular weight excluding hydrogens is 440 g/mol. The average Bonchev–Trinajstić information content (AvgIpc) is 3.00. The van der Waals surface area contributed by atoms with Crippen molar-refractivity contribution in [1.29, 1.82) is 5.26 Å². The lowest BCUT2D eigenvalue weighted by Crippen LogP contribution is -2.34. The molecule has 2 aromatic carbocycles. The second kappa shape index (κ2) is 8.25. The molecule has 0 radical (unpaired) electrons. The standard InChI is InChI=1S/C20H15BrN4O2S/c1-11-2-8-14(9-3-11)24-20(27)25-19(26)17-16(15(10-22)18(23)28-17)12-4-6-13(21)7-5-12/h2-9H,23H2,1H3,(H2,24,25,26,27). The van der Waals surface area contributed by atoms with Crippen molar-refractivity contribution in [2.75, 3.05) is 11.1 Å². The molecule has 0 fully saturated rings. The molecule has 0 saturated carbocycles. The number of rotatable bonds is 3. The monoisotopic (exact) mass is 454 g/mol. The minimum absolute atomic E-state index is 0.204. The summed E-state index contributed by atoms with van der Waals surface area (Å²) in [5.41, 5.74) is 8.85. The van der Waals surface area contributed by atoms with Gasteiger partial charge in [0.2, 0.25) is 0 Å². The molecule has 3 amide bonds. The van der Waals surface area contributed by atoms with Crippen molar-refractivity contribution < 1.29 is 9.59 Å². The number of imide groups is 1. The summed E-state index contributed by atoms with van der Waals surface area (Å²) in [6.07, 6.45) is 0. The van der Waals surface area contributed by atoms with Gasteiger partial charge in [0, 0.05) is 15.7 Å². The van der Waals surface area contributed by atoms with Crippen LogP contribution in [-0.2, 0) is 0 Å². The molecule has 0 spiro atoms. The van der Waals surface area contributed by atoms with Crippen LogP contribution in [0.15, 0.2) is 53.0 Å². The number of nitrogens with zero attached hydrogens (tertiary/aromatic N) is 1. The zero-order valence-electron chi connectivity index (χ0n) is 14.7. The quantitative estimate of drug-likeness (QED) is 0.522. The molecule has 0 atom stereocenters. The average molecular weight is 455 g/mol. The molecule has 0 aliphatic carbocycles. The lowest BCUT2D eigenvalue weighted by molar-refractivity contribution is 0.0971. The van der Waals surface area contributed by atoms with Gasteiger partial charge < -0.3 is 11.1 Å². The summed E-state index contributed by atoms with van der Waals surface area (Å²) in [6.45, 7) is 1.94. The number of nitrogens with one attached hydrogen (secondary N) is 2. The van der Waals surface area contributed by atoms with Gasteiger partial charge in [-0.15, -0.1) is 11.3 Å². The van der Waals surface area contributed by atoms with Crippen molar-refractivity contribution in [3.05, 3.63) is 69.0 Å². The number of aryl methyl sites for hydroxylation is 1. The Morgan fingerprint density at radius 2 is 1.75 bits per heavy atom. The van der Waals surface area contributed by atoms with Gasteiger partial charge >= 0.3 is 6.03 Å². The normalized spacial score (nSPS) is 10.2. The van der Waals surface area contributed by atoms with Gasteiger partial charge in [0.1, 0.15) is 15.9 Å². The number of urea groups is 1. The summed E-state index contributed by atoms with van der Waals surface area (Å²) < 4.78 is 0.862. The van der Waals surface area contributed by atoms with Crippen molar-refractivity contribution >= 4 is 49.9 Å². The van der Waals surface area contributed by atoms with Crippen LogP contribution in [0.1, 0.15) is 20.8 Å². The maximum Gasteiger partial charge on any atom is 0.326 e. The number of nitrogens with two attached hydrogens (primary N) is 1. The SMILES string of the molecule is Cc1ccc(NC(=O)NC(=O)c2sc(N)c(C#N)c2-c2ccc(Br)cc2)cc1. The highest BCUT2D eigenvalue weighted by atomic mass is 79.9. The zero-order chi connectivity index (χ0) is 20.3. The third kappa shape index (κ3) is 4.22. The van der Waals surface area contributed by atoms with Gasteiger partial charge in [0.25, 0.3) is 5.91 Å². The van der Waals surface area contributed by atoms with E-state index in [9.17, 15) is 14.9 Å². The molecule has 0 unspecified atom stereocenters. The van der Waals surface area contributed by atoms with Crippen LogP contribution in [0.3, 0.4) is 0 Å². The minimum atomic E-state index is -0.666. The number of benzene rings is 2. The van der Waals surface area contributed by atoms with Gasteiger partial charge in [-0.1, -0.05) is 45.8 Å². The first-order chi connectivity index (χ1) is 13.4. The molecule has 28 heavy (non-hydrogen) atoms. The second-order valence-corrected chi connectivity index (χ2v) is 7.91. The molecule has 1 heterocycles. The Morgan fingerprint density at radius 3 is 2.36 bits per heavy atom. The zero-order valence-corrected chi connectivity index (χ0v) is 17.1. The molecule has 3 aromatic rings. The Kier molecular flexibility index (Phi) is 5.78. The van der Waals surface area contributed by atoms with Crippen LogP contribution in [0, 0.1) is 18.3 Å². The van der Waals surface area contributed by atoms with Gasteiger partial charge in [-0.3, -0.25) is 10.1 Å². The molecule has 4 N–H and O–H groups in total. The first-order valence-corrected chi connectivity index (χ1v) is 9.77. The lowest BCUT2D eigenvalue weighted by atomic mass is 10.0. The second-order valence-electron chi connectivity index (χ2n) is 5.94. The number of thiophene rings is 1. The number of nitriles is 1. The number of hydrogen-bond acceptors (Lipinski definition) is 5. The molecule has 0 aliphatic rings. The molecule has 3 rings (SSSR count). The number of nitrogen functional groups attached to an aromatic ring is 1. The maximum atomic E-state index is 12.7. The number of carbonyl (C=O) groups is 2. The van der Waals surface area contributed by atoms with Gasteiger partial charge in [-0.25, -0.2) is 4.79 Å². The van der Waals surface area contributed by atoms with E-state index >= 15 is 0 Å². The number of carbonyl (C=O) groups excluding carboxylic acids is 2. The van der Waals surface area contributed by atoms with Crippen molar-refractivity contribution in [2.45, 2.75) is 6.92 Å². The topological polar surface area (TPSA) is 108 Å². The summed E-state index contributed by atoms with van der Waals surface area (Å²) in [7, 11) is 0. The first-order valence-electron chi connectivity index (χ1n) is 8.16. The van der Waals surface area contributed by atoms with Crippen LogP contribution in [0.25, 0.3) is 11.1 Å². The number of anilines is 2. The summed E-state index contributed by atoms with van der Waals surface area (Å²) >= 11 is 4.33. The summed E-state index contributed by atoms with van der Waals surface area (Å²) in [5.74, 6) is -0.624. The van der Waals surface area contributed by atoms with Crippen molar-refractivity contribution in [3.8, 4) is 17.2 Å². The smallest absolute Gasteiger partial charge is 0.326 e. The fourth-order valence-corrected chi connectivity index (χ4v) is 3.77. The predicted octanol–water partition coefficient (Wildman–Crippen LogP) is 4.90. The number of halogens is 1. The molecule has 6 nitrogen and oxygen atoms in total. The van der Waals surface area contributed by atoms with Gasteiger partial charge in [0.05, 0.1) is 5.56 Å². The summed E-state index contributed by atoms with van der Waals surface area (Å²) in [5, 5.41) is 14.6. The van der Waals surface area contributed by atoms with Crippen molar-refractivity contribution in [3.63, 3.8) is 0 Å². The fraction of sp³-hybridized carbons (Fsp3) is 0.0500. The lowest BCUT2D eigenvalue weighted by Gasteiger charge is -2.08. The fourth-order valence-electron chi connectivity index (χ4n) is 2.57. The Hall–Kier alpha value is -3.15. The molecule has 0 aliphatic heterocycles. The maximum absolute atomic E-state index is 12.7. The highest BCUT2D eigenvalue weighted by molar-refractivity contribution is 9.10. The van der Waals surface area contributed by atoms with E-state index in [-0.39, 0.29) is 15.4 Å². The van der Waals surface area contributed by atoms with Crippen LogP contribution < -0.4 is 16.4 Å². The molecule has 8 heteroatoms. The van der Waals surface area contributed by atoms with Crippen LogP contribution in [0.4, 0.5) is 15.5 Å². The van der Waals surface area contributed by atoms with E-state index in [0.717, 1.165) is 21.4 Å². The minimum Gasteiger partial charge on any atom is -0.389 e. The van der Waals surface area contributed by atoms with E-state index in [4.69, 9.17) is 5.73 Å². The van der Waals surface area contributed by atoms with E-state index in [1.165, 1.54) is 0 Å². The predicted molar refractivity (Wildman–Crippen MR) is 114 cm³/mol. The Balaban J connectivity index is 1.87. The Morgan fingerprint density at radius 1 is 1.11 bits per heavy atom. The van der Waals surface area contributed by atoms with Gasteiger partial charge in [-0.05, 0) is 36.8 Å². The van der Waals surface area contributed by atoms with Crippen LogP contribution in [-0.4, -0.2) is 11.9 Å². The Bertz CT molecular complexity index is 1080. The third-order valence-electron chi connectivity index (χ3n) is 3.92. The molecule has 140 valence electrons. The van der Waals surface area contributed by atoms with Crippen LogP contribution in [0.5, 0.6) is 0 Å². The number of amides is 3.